The van der Waals surface area contributed by atoms with E-state index in [9.17, 15) is 0 Å². The van der Waals surface area contributed by atoms with Gasteiger partial charge in [0.1, 0.15) is 0 Å². The van der Waals surface area contributed by atoms with Gasteiger partial charge < -0.3 is 0 Å². The van der Waals surface area contributed by atoms with Gasteiger partial charge in [-0.25, -0.2) is 0 Å². The van der Waals surface area contributed by atoms with E-state index in [4.69, 9.17) is 46.4 Å². The fourth-order valence-corrected chi connectivity index (χ4v) is 102. The van der Waals surface area contributed by atoms with E-state index in [0.717, 1.165) is 38.5 Å². The molecule has 5 heteroatoms. The molecule has 8 atom stereocenters. The van der Waals surface area contributed by atoms with Crippen molar-refractivity contribution in [1.29, 1.82) is 0 Å². The molecule has 0 N–H and O–H groups in total. The molecule has 88 valence electrons. The van der Waals surface area contributed by atoms with E-state index in [-0.39, 0.29) is 4.31 Å². The van der Waals surface area contributed by atoms with Crippen molar-refractivity contribution in [2.75, 3.05) is 0 Å². The van der Waals surface area contributed by atoms with Crippen LogP contribution in [0.2, 0.25) is 42.8 Å². The first-order valence-corrected chi connectivity index (χ1v) is 13.9. The summed E-state index contributed by atoms with van der Waals surface area (Å²) in [5.74, 6) is 0. The topological polar surface area (TPSA) is 0 Å². The monoisotopic (exact) mass is 336 g/mol. The minimum absolute atomic E-state index is 0.258. The van der Waals surface area contributed by atoms with Crippen molar-refractivity contribution in [2.24, 2.45) is 0 Å². The summed E-state index contributed by atoms with van der Waals surface area (Å²) in [6.07, 6.45) is 0. The van der Waals surface area contributed by atoms with Crippen LogP contribution < -0.4 is 0 Å². The van der Waals surface area contributed by atoms with Crippen LogP contribution in [0, 0.1) is 0 Å². The number of alkyl halides is 4. The Morgan fingerprint density at radius 1 is 0.812 bits per heavy atom. The zero-order valence-corrected chi connectivity index (χ0v) is 12.1. The zero-order chi connectivity index (χ0) is 10.4. The average Bonchev–Trinajstić information content (AvgIpc) is 3.08. The Kier molecular flexibility index (Phi) is 0.225. The van der Waals surface area contributed by atoms with Gasteiger partial charge in [0.25, 0.3) is 0 Å². The van der Waals surface area contributed by atoms with Crippen LogP contribution in [0.25, 0.3) is 0 Å². The van der Waals surface area contributed by atoms with Gasteiger partial charge in [-0.1, -0.05) is 0 Å². The SMILES string of the molecule is ClC(Cl)(Cl)[C]12[CH]3[CH]4[CH]5[CH]1[Fe]45321678[CH]2[CH]1[CH]6[C]7(Cl)[CH]28. The van der Waals surface area contributed by atoms with Crippen molar-refractivity contribution < 1.29 is 6.51 Å². The Bertz CT molecular complexity index is 998. The molecule has 8 unspecified atom stereocenters. The second-order valence-electron chi connectivity index (χ2n) is 10.2. The summed E-state index contributed by atoms with van der Waals surface area (Å²) in [5, 5.41) is 0. The van der Waals surface area contributed by atoms with Gasteiger partial charge in [0.15, 0.2) is 0 Å². The minimum atomic E-state index is -3.49. The van der Waals surface area contributed by atoms with E-state index in [0.29, 0.717) is 3.77 Å². The molecule has 0 amide bonds. The number of fused-ring (bicyclic) bond motifs is 10. The molecule has 0 saturated carbocycles. The Morgan fingerprint density at radius 2 is 1.25 bits per heavy atom. The van der Waals surface area contributed by atoms with Gasteiger partial charge >= 0.3 is 103 Å². The molecule has 0 aromatic carbocycles. The summed E-state index contributed by atoms with van der Waals surface area (Å²) >= 11 is 26.7. The Morgan fingerprint density at radius 3 is 1.31 bits per heavy atom. The van der Waals surface area contributed by atoms with Crippen LogP contribution in [-0.4, -0.2) is 7.57 Å². The zero-order valence-electron chi connectivity index (χ0n) is 7.98. The standard InChI is InChI=1S/C6H4Cl3.C5H4Cl.Fe/c7-6(8,9)5-3-1-2-4-5;6-5-3-1-2-4-5;/h1-4H;1-4H;. The summed E-state index contributed by atoms with van der Waals surface area (Å²) in [6.45, 7) is -3.49. The summed E-state index contributed by atoms with van der Waals surface area (Å²) in [4.78, 5) is 8.28. The van der Waals surface area contributed by atoms with E-state index in [1.54, 1.807) is 0 Å². The number of halogens is 4. The molecule has 0 radical (unpaired) electrons. The van der Waals surface area contributed by atoms with Crippen molar-refractivity contribution in [3.63, 3.8) is 0 Å². The number of hydrogen-bond acceptors (Lipinski definition) is 0. The predicted molar refractivity (Wildman–Crippen MR) is 61.6 cm³/mol. The molecule has 0 nitrogen and oxygen atoms in total. The summed E-state index contributed by atoms with van der Waals surface area (Å²) in [5.41, 5.74) is 0. The van der Waals surface area contributed by atoms with Crippen LogP contribution in [0.4, 0.5) is 0 Å². The van der Waals surface area contributed by atoms with Gasteiger partial charge in [-0.2, -0.15) is 0 Å². The van der Waals surface area contributed by atoms with Crippen LogP contribution in [-0.2, 0) is 6.51 Å². The third-order valence-corrected chi connectivity index (χ3v) is 62.3. The fourth-order valence-electron chi connectivity index (χ4n) is 17.0. The van der Waals surface area contributed by atoms with E-state index in [1.165, 1.54) is 0 Å². The molecule has 1 spiro atoms. The summed E-state index contributed by atoms with van der Waals surface area (Å²) in [7, 11) is 0. The first-order valence-electron chi connectivity index (χ1n) is 6.15. The van der Waals surface area contributed by atoms with Crippen molar-refractivity contribution in [3.05, 3.63) is 0 Å². The fraction of sp³-hybridized carbons (Fsp3) is 1.00. The van der Waals surface area contributed by atoms with E-state index in [2.05, 4.69) is 0 Å². The first-order chi connectivity index (χ1) is 7.18. The molecular formula is C11H8Cl4Fe. The van der Waals surface area contributed by atoms with Crippen LogP contribution in [0.1, 0.15) is 0 Å². The van der Waals surface area contributed by atoms with Crippen molar-refractivity contribution in [3.8, 4) is 0 Å². The quantitative estimate of drug-likeness (QED) is 0.417. The Labute approximate surface area is 103 Å². The maximum atomic E-state index is 7.20. The van der Waals surface area contributed by atoms with E-state index >= 15 is 0 Å². The average molecular weight is 338 g/mol. The molecule has 0 aromatic rings. The van der Waals surface area contributed by atoms with Gasteiger partial charge in [0.05, 0.1) is 0 Å². The number of rotatable bonds is 0. The third-order valence-electron chi connectivity index (χ3n) is 15.1. The number of hydrogen-bond donors (Lipinski definition) is 0. The molecular weight excluding hydrogens is 330 g/mol. The molecule has 0 aromatic heterocycles. The van der Waals surface area contributed by atoms with Crippen molar-refractivity contribution >= 4 is 46.4 Å². The summed E-state index contributed by atoms with van der Waals surface area (Å²) < 4.78 is -0.365. The van der Waals surface area contributed by atoms with E-state index < -0.39 is 10.3 Å². The molecule has 10 aliphatic heterocycles. The predicted octanol–water partition coefficient (Wildman–Crippen LogP) is 5.26. The van der Waals surface area contributed by atoms with Crippen LogP contribution in [0.5, 0.6) is 0 Å². The second kappa shape index (κ2) is 0.521. The molecule has 10 fully saturated rings. The molecule has 16 heavy (non-hydrogen) atoms. The molecule has 10 aliphatic rings. The second-order valence-corrected chi connectivity index (χ2v) is 36.6. The van der Waals surface area contributed by atoms with E-state index in [1.807, 2.05) is 0 Å². The van der Waals surface area contributed by atoms with Crippen molar-refractivity contribution in [1.82, 2.24) is 0 Å². The van der Waals surface area contributed by atoms with Gasteiger partial charge in [-0.3, -0.25) is 0 Å². The van der Waals surface area contributed by atoms with Crippen LogP contribution in [0.3, 0.4) is 0 Å². The molecule has 10 saturated heterocycles. The summed E-state index contributed by atoms with van der Waals surface area (Å²) in [6, 6.07) is 0. The third kappa shape index (κ3) is 0.0603. The van der Waals surface area contributed by atoms with Crippen molar-refractivity contribution in [2.45, 2.75) is 50.4 Å². The van der Waals surface area contributed by atoms with Gasteiger partial charge in [0, 0.05) is 0 Å². The Hall–Kier alpha value is 1.68. The molecule has 10 heterocycles. The van der Waals surface area contributed by atoms with Gasteiger partial charge in [-0.15, -0.1) is 0 Å². The van der Waals surface area contributed by atoms with Gasteiger partial charge in [0.2, 0.25) is 0 Å². The van der Waals surface area contributed by atoms with Gasteiger partial charge in [-0.05, 0) is 0 Å². The Balaban J connectivity index is 1.82. The molecule has 10 rings (SSSR count). The molecule has 0 aliphatic carbocycles. The normalized spacial score (nSPS) is 132. The maximum absolute atomic E-state index is 7.20. The molecule has 0 bridgehead atoms. The van der Waals surface area contributed by atoms with Crippen LogP contribution >= 0.6 is 46.4 Å². The van der Waals surface area contributed by atoms with Crippen LogP contribution in [0.15, 0.2) is 0 Å². The first kappa shape index (κ1) is 6.91.